The van der Waals surface area contributed by atoms with Gasteiger partial charge in [-0.3, -0.25) is 0 Å². The molecule has 2 fully saturated rings. The van der Waals surface area contributed by atoms with Crippen molar-refractivity contribution in [2.45, 2.75) is 31.5 Å². The fourth-order valence-corrected chi connectivity index (χ4v) is 3.10. The third-order valence-corrected chi connectivity index (χ3v) is 4.39. The number of esters is 2. The van der Waals surface area contributed by atoms with Crippen molar-refractivity contribution >= 4 is 29.6 Å². The average Bonchev–Trinajstić information content (AvgIpc) is 3.23. The van der Waals surface area contributed by atoms with Gasteiger partial charge in [-0.15, -0.1) is 0 Å². The molecule has 6 nitrogen and oxygen atoms in total. The van der Waals surface area contributed by atoms with Crippen molar-refractivity contribution < 1.29 is 27.9 Å². The maximum absolute atomic E-state index is 12.9. The molecule has 4 rings (SSSR count). The molecule has 134 valence electrons. The Morgan fingerprint density at radius 2 is 1.62 bits per heavy atom. The number of anilines is 2. The predicted octanol–water partition coefficient (Wildman–Crippen LogP) is 3.92. The number of benzene rings is 1. The number of halogens is 1. The first-order chi connectivity index (χ1) is 12.5. The molecule has 1 N–H and O–H groups in total. The SMILES string of the molecule is O=C1OC2(CCCC2)OC(=O)C1=Cc1ccc(Nc2ccc(F)cc2)o1. The number of rotatable bonds is 3. The van der Waals surface area contributed by atoms with Gasteiger partial charge in [-0.2, -0.15) is 0 Å². The minimum Gasteiger partial charge on any atom is -0.441 e. The molecular formula is C19H16FNO5. The molecule has 7 heteroatoms. The second kappa shape index (κ2) is 6.33. The summed E-state index contributed by atoms with van der Waals surface area (Å²) in [7, 11) is 0. The van der Waals surface area contributed by atoms with Gasteiger partial charge in [-0.25, -0.2) is 14.0 Å². The van der Waals surface area contributed by atoms with E-state index >= 15 is 0 Å². The molecule has 0 amide bonds. The summed E-state index contributed by atoms with van der Waals surface area (Å²) in [5.41, 5.74) is 0.435. The van der Waals surface area contributed by atoms with Gasteiger partial charge in [0.25, 0.3) is 5.79 Å². The number of hydrogen-bond donors (Lipinski definition) is 1. The first-order valence-electron chi connectivity index (χ1n) is 8.34. The number of carbonyl (C=O) groups excluding carboxylic acids is 2. The maximum Gasteiger partial charge on any atom is 0.349 e. The van der Waals surface area contributed by atoms with E-state index in [0.717, 1.165) is 12.8 Å². The average molecular weight is 357 g/mol. The zero-order chi connectivity index (χ0) is 18.1. The summed E-state index contributed by atoms with van der Waals surface area (Å²) >= 11 is 0. The van der Waals surface area contributed by atoms with Crippen molar-refractivity contribution in [3.63, 3.8) is 0 Å². The molecule has 0 atom stereocenters. The molecule has 2 heterocycles. The van der Waals surface area contributed by atoms with E-state index in [4.69, 9.17) is 13.9 Å². The number of carbonyl (C=O) groups is 2. The Balaban J connectivity index is 1.50. The third kappa shape index (κ3) is 3.20. The molecule has 2 aliphatic rings. The molecule has 1 aliphatic heterocycles. The minimum atomic E-state index is -1.09. The molecule has 1 aliphatic carbocycles. The molecule has 0 bridgehead atoms. The molecule has 1 saturated carbocycles. The van der Waals surface area contributed by atoms with Crippen LogP contribution in [0.25, 0.3) is 6.08 Å². The summed E-state index contributed by atoms with van der Waals surface area (Å²) in [5, 5.41) is 2.96. The zero-order valence-corrected chi connectivity index (χ0v) is 13.8. The normalized spacial score (nSPS) is 18.6. The molecular weight excluding hydrogens is 341 g/mol. The van der Waals surface area contributed by atoms with Gasteiger partial charge in [0.15, 0.2) is 5.88 Å². The lowest BCUT2D eigenvalue weighted by molar-refractivity contribution is -0.232. The Kier molecular flexibility index (Phi) is 3.99. The summed E-state index contributed by atoms with van der Waals surface area (Å²) in [4.78, 5) is 24.4. The Hall–Kier alpha value is -3.09. The summed E-state index contributed by atoms with van der Waals surface area (Å²) in [6.07, 6.45) is 4.07. The van der Waals surface area contributed by atoms with E-state index < -0.39 is 17.7 Å². The van der Waals surface area contributed by atoms with Crippen LogP contribution in [-0.2, 0) is 19.1 Å². The number of nitrogens with one attached hydrogen (secondary N) is 1. The topological polar surface area (TPSA) is 77.8 Å². The number of ether oxygens (including phenoxy) is 2. The van der Waals surface area contributed by atoms with Gasteiger partial charge in [-0.05, 0) is 43.2 Å². The third-order valence-electron chi connectivity index (χ3n) is 4.39. The summed E-state index contributed by atoms with van der Waals surface area (Å²) in [6, 6.07) is 9.00. The lowest BCUT2D eigenvalue weighted by atomic mass is 10.1. The van der Waals surface area contributed by atoms with E-state index in [9.17, 15) is 14.0 Å². The Morgan fingerprint density at radius 3 is 2.27 bits per heavy atom. The van der Waals surface area contributed by atoms with Gasteiger partial charge in [0.1, 0.15) is 17.2 Å². The van der Waals surface area contributed by atoms with Gasteiger partial charge in [0, 0.05) is 30.7 Å². The summed E-state index contributed by atoms with van der Waals surface area (Å²) < 4.78 is 29.2. The van der Waals surface area contributed by atoms with E-state index in [1.54, 1.807) is 24.3 Å². The largest absolute Gasteiger partial charge is 0.441 e. The predicted molar refractivity (Wildman–Crippen MR) is 89.8 cm³/mol. The summed E-state index contributed by atoms with van der Waals surface area (Å²) in [6.45, 7) is 0. The highest BCUT2D eigenvalue weighted by molar-refractivity contribution is 6.18. The van der Waals surface area contributed by atoms with Crippen molar-refractivity contribution in [3.8, 4) is 0 Å². The van der Waals surface area contributed by atoms with Crippen molar-refractivity contribution in [1.29, 1.82) is 0 Å². The van der Waals surface area contributed by atoms with Gasteiger partial charge >= 0.3 is 11.9 Å². The van der Waals surface area contributed by atoms with E-state index in [-0.39, 0.29) is 11.4 Å². The molecule has 2 aromatic rings. The summed E-state index contributed by atoms with van der Waals surface area (Å²) in [5.74, 6) is -2.16. The van der Waals surface area contributed by atoms with Crippen molar-refractivity contribution in [3.05, 3.63) is 53.5 Å². The van der Waals surface area contributed by atoms with Gasteiger partial charge < -0.3 is 19.2 Å². The Labute approximate surface area is 148 Å². The van der Waals surface area contributed by atoms with Crippen LogP contribution in [0.5, 0.6) is 0 Å². The van der Waals surface area contributed by atoms with Crippen LogP contribution in [0.1, 0.15) is 31.4 Å². The molecule has 1 saturated heterocycles. The van der Waals surface area contributed by atoms with Crippen molar-refractivity contribution in [1.82, 2.24) is 0 Å². The lowest BCUT2D eigenvalue weighted by Gasteiger charge is -2.32. The van der Waals surface area contributed by atoms with Gasteiger partial charge in [-0.1, -0.05) is 0 Å². The maximum atomic E-state index is 12.9. The highest BCUT2D eigenvalue weighted by Gasteiger charge is 2.48. The smallest absolute Gasteiger partial charge is 0.349 e. The molecule has 0 radical (unpaired) electrons. The number of furan rings is 1. The minimum absolute atomic E-state index is 0.204. The van der Waals surface area contributed by atoms with Crippen LogP contribution in [0.3, 0.4) is 0 Å². The molecule has 0 unspecified atom stereocenters. The van der Waals surface area contributed by atoms with Crippen LogP contribution in [0.4, 0.5) is 16.0 Å². The Bertz CT molecular complexity index is 856. The molecule has 1 aromatic heterocycles. The van der Waals surface area contributed by atoms with Crippen LogP contribution >= 0.6 is 0 Å². The lowest BCUT2D eigenvalue weighted by Crippen LogP contribution is -2.44. The van der Waals surface area contributed by atoms with Crippen LogP contribution < -0.4 is 5.32 Å². The second-order valence-corrected chi connectivity index (χ2v) is 6.29. The second-order valence-electron chi connectivity index (χ2n) is 6.29. The van der Waals surface area contributed by atoms with Gasteiger partial charge in [0.2, 0.25) is 0 Å². The van der Waals surface area contributed by atoms with E-state index in [0.29, 0.717) is 30.2 Å². The van der Waals surface area contributed by atoms with Crippen LogP contribution in [0.2, 0.25) is 0 Å². The van der Waals surface area contributed by atoms with E-state index in [1.165, 1.54) is 18.2 Å². The molecule has 26 heavy (non-hydrogen) atoms. The van der Waals surface area contributed by atoms with Crippen LogP contribution in [0.15, 0.2) is 46.4 Å². The fraction of sp³-hybridized carbons (Fsp3) is 0.263. The molecule has 1 spiro atoms. The van der Waals surface area contributed by atoms with Crippen LogP contribution in [0, 0.1) is 5.82 Å². The highest BCUT2D eigenvalue weighted by Crippen LogP contribution is 2.38. The zero-order valence-electron chi connectivity index (χ0n) is 13.8. The first-order valence-corrected chi connectivity index (χ1v) is 8.34. The quantitative estimate of drug-likeness (QED) is 0.510. The van der Waals surface area contributed by atoms with Crippen molar-refractivity contribution in [2.24, 2.45) is 0 Å². The first kappa shape index (κ1) is 16.4. The standard InChI is InChI=1S/C19H16FNO5/c20-12-3-5-13(6-4-12)21-16-8-7-14(24-16)11-15-17(22)25-19(26-18(15)23)9-1-2-10-19/h3-8,11,21H,1-2,9-10H2. The van der Waals surface area contributed by atoms with Crippen LogP contribution in [-0.4, -0.2) is 17.7 Å². The molecule has 1 aromatic carbocycles. The Morgan fingerprint density at radius 1 is 0.962 bits per heavy atom. The number of hydrogen-bond acceptors (Lipinski definition) is 6. The van der Waals surface area contributed by atoms with Gasteiger partial charge in [0.05, 0.1) is 0 Å². The fourth-order valence-electron chi connectivity index (χ4n) is 3.10. The van der Waals surface area contributed by atoms with E-state index in [1.807, 2.05) is 0 Å². The monoisotopic (exact) mass is 357 g/mol. The van der Waals surface area contributed by atoms with Crippen molar-refractivity contribution in [2.75, 3.05) is 5.32 Å². The van der Waals surface area contributed by atoms with E-state index in [2.05, 4.69) is 5.32 Å². The highest BCUT2D eigenvalue weighted by atomic mass is 19.1.